The quantitative estimate of drug-likeness (QED) is 0.596. The van der Waals surface area contributed by atoms with Crippen LogP contribution in [-0.4, -0.2) is 40.0 Å². The number of allylic oxidation sites excluding steroid dienone is 2. The van der Waals surface area contributed by atoms with Gasteiger partial charge in [0, 0.05) is 29.9 Å². The van der Waals surface area contributed by atoms with Gasteiger partial charge in [0.15, 0.2) is 5.76 Å². The number of esters is 1. The van der Waals surface area contributed by atoms with Crippen molar-refractivity contribution in [1.29, 1.82) is 0 Å². The molecule has 1 N–H and O–H groups in total. The Balaban J connectivity index is 1.41. The number of fused-ring (bicyclic) bond motifs is 2. The van der Waals surface area contributed by atoms with Crippen LogP contribution in [0, 0.1) is 5.92 Å². The predicted molar refractivity (Wildman–Crippen MR) is 124 cm³/mol. The van der Waals surface area contributed by atoms with E-state index < -0.39 is 5.97 Å². The summed E-state index contributed by atoms with van der Waals surface area (Å²) in [6.07, 6.45) is 8.58. The van der Waals surface area contributed by atoms with Crippen molar-refractivity contribution in [3.8, 4) is 0 Å². The molecule has 1 unspecified atom stereocenters. The molecule has 1 atom stereocenters. The lowest BCUT2D eigenvalue weighted by Crippen LogP contribution is -2.34. The molecule has 3 heterocycles. The molecule has 1 aromatic carbocycles. The minimum Gasteiger partial charge on any atom is -0.490 e. The van der Waals surface area contributed by atoms with E-state index in [4.69, 9.17) is 21.1 Å². The van der Waals surface area contributed by atoms with E-state index in [0.717, 1.165) is 11.1 Å². The molecule has 33 heavy (non-hydrogen) atoms. The average Bonchev–Trinajstić information content (AvgIpc) is 3.55. The maximum absolute atomic E-state index is 12.9. The van der Waals surface area contributed by atoms with Gasteiger partial charge in [0.25, 0.3) is 5.56 Å². The first-order chi connectivity index (χ1) is 16.0. The lowest BCUT2D eigenvalue weighted by Gasteiger charge is -2.25. The summed E-state index contributed by atoms with van der Waals surface area (Å²) in [4.78, 5) is 26.9. The summed E-state index contributed by atoms with van der Waals surface area (Å²) in [7, 11) is 0. The van der Waals surface area contributed by atoms with Crippen molar-refractivity contribution in [2.75, 3.05) is 13.2 Å². The molecule has 0 spiro atoms. The molecule has 5 rings (SSSR count). The van der Waals surface area contributed by atoms with Crippen LogP contribution in [0.3, 0.4) is 0 Å². The first kappa shape index (κ1) is 21.6. The summed E-state index contributed by atoms with van der Waals surface area (Å²) in [5.74, 6) is 0.818. The third kappa shape index (κ3) is 4.61. The van der Waals surface area contributed by atoms with E-state index in [1.165, 1.54) is 17.5 Å². The van der Waals surface area contributed by atoms with Gasteiger partial charge in [-0.15, -0.1) is 0 Å². The molecule has 2 aliphatic heterocycles. The summed E-state index contributed by atoms with van der Waals surface area (Å²) in [5.41, 5.74) is 1.29. The van der Waals surface area contributed by atoms with Crippen LogP contribution in [0.4, 0.5) is 0 Å². The predicted octanol–water partition coefficient (Wildman–Crippen LogP) is 2.98. The molecule has 1 fully saturated rings. The number of ether oxygens (including phenoxy) is 2. The van der Waals surface area contributed by atoms with Crippen molar-refractivity contribution in [2.24, 2.45) is 5.92 Å². The van der Waals surface area contributed by atoms with Gasteiger partial charge in [-0.05, 0) is 37.8 Å². The third-order valence-corrected chi connectivity index (χ3v) is 6.14. The monoisotopic (exact) mass is 468 g/mol. The van der Waals surface area contributed by atoms with Crippen molar-refractivity contribution in [3.63, 3.8) is 0 Å². The zero-order chi connectivity index (χ0) is 22.9. The lowest BCUT2D eigenvalue weighted by molar-refractivity contribution is -0.144. The normalized spacial score (nSPS) is 19.4. The number of nitrogens with one attached hydrogen (secondary N) is 1. The number of carbonyl (C=O) groups is 1. The van der Waals surface area contributed by atoms with Crippen molar-refractivity contribution in [3.05, 3.63) is 75.3 Å². The molecule has 0 bridgehead atoms. The van der Waals surface area contributed by atoms with Gasteiger partial charge in [0.1, 0.15) is 12.7 Å². The van der Waals surface area contributed by atoms with E-state index >= 15 is 0 Å². The second kappa shape index (κ2) is 8.94. The molecular formula is C24H25ClN4O4. The summed E-state index contributed by atoms with van der Waals surface area (Å²) in [6, 6.07) is 7.30. The van der Waals surface area contributed by atoms with Gasteiger partial charge >= 0.3 is 5.97 Å². The van der Waals surface area contributed by atoms with E-state index in [-0.39, 0.29) is 24.9 Å². The molecule has 8 nitrogen and oxygen atoms in total. The number of benzene rings is 1. The summed E-state index contributed by atoms with van der Waals surface area (Å²) in [6.45, 7) is 2.44. The Labute approximate surface area is 196 Å². The minimum atomic E-state index is -0.493. The molecule has 0 radical (unpaired) electrons. The molecule has 0 saturated heterocycles. The van der Waals surface area contributed by atoms with Gasteiger partial charge in [-0.1, -0.05) is 29.8 Å². The fraction of sp³-hybridized carbons (Fsp3) is 0.375. The molecule has 1 aliphatic carbocycles. The van der Waals surface area contributed by atoms with Crippen molar-refractivity contribution in [1.82, 2.24) is 20.0 Å². The van der Waals surface area contributed by atoms with Gasteiger partial charge < -0.3 is 19.7 Å². The van der Waals surface area contributed by atoms with Crippen LogP contribution in [0.15, 0.2) is 64.0 Å². The summed E-state index contributed by atoms with van der Waals surface area (Å²) in [5, 5.41) is 9.81. The smallest absolute Gasteiger partial charge is 0.327 e. The van der Waals surface area contributed by atoms with E-state index in [9.17, 15) is 9.59 Å². The van der Waals surface area contributed by atoms with Crippen LogP contribution in [0.2, 0.25) is 0 Å². The van der Waals surface area contributed by atoms with E-state index in [0.29, 0.717) is 40.8 Å². The van der Waals surface area contributed by atoms with Crippen LogP contribution in [0.5, 0.6) is 0 Å². The highest BCUT2D eigenvalue weighted by molar-refractivity contribution is 6.31. The number of nitrogens with zero attached hydrogens (tertiary/aromatic N) is 3. The number of aromatic nitrogens is 2. The molecule has 1 aromatic heterocycles. The largest absolute Gasteiger partial charge is 0.490 e. The third-order valence-electron chi connectivity index (χ3n) is 5.82. The van der Waals surface area contributed by atoms with Gasteiger partial charge in [0.05, 0.1) is 29.3 Å². The van der Waals surface area contributed by atoms with Crippen LogP contribution in [0.25, 0.3) is 10.8 Å². The maximum Gasteiger partial charge on any atom is 0.327 e. The average molecular weight is 469 g/mol. The molecule has 2 aromatic rings. The Morgan fingerprint density at radius 2 is 2.03 bits per heavy atom. The minimum absolute atomic E-state index is 0.113. The SMILES string of the molecule is CCOC(=O)Cn1nc(CC2=CN3C=C(OCC4CC4)C(Cl)=CC3N2)c2ccccc2c1=O. The Kier molecular flexibility index (Phi) is 5.85. The summed E-state index contributed by atoms with van der Waals surface area (Å²) < 4.78 is 12.1. The topological polar surface area (TPSA) is 85.7 Å². The van der Waals surface area contributed by atoms with E-state index in [2.05, 4.69) is 10.4 Å². The highest BCUT2D eigenvalue weighted by atomic mass is 35.5. The number of rotatable bonds is 8. The molecule has 3 aliphatic rings. The number of carbonyl (C=O) groups excluding carboxylic acids is 1. The Morgan fingerprint density at radius 3 is 2.79 bits per heavy atom. The second-order valence-corrected chi connectivity index (χ2v) is 8.80. The van der Waals surface area contributed by atoms with E-state index in [1.54, 1.807) is 19.1 Å². The Bertz CT molecular complexity index is 1240. The molecule has 1 saturated carbocycles. The van der Waals surface area contributed by atoms with Crippen LogP contribution in [-0.2, 0) is 27.2 Å². The molecule has 0 amide bonds. The fourth-order valence-corrected chi connectivity index (χ4v) is 4.20. The zero-order valence-electron chi connectivity index (χ0n) is 18.3. The fourth-order valence-electron chi connectivity index (χ4n) is 3.97. The highest BCUT2D eigenvalue weighted by Gasteiger charge is 2.29. The highest BCUT2D eigenvalue weighted by Crippen LogP contribution is 2.33. The Morgan fingerprint density at radius 1 is 1.24 bits per heavy atom. The van der Waals surface area contributed by atoms with Crippen molar-refractivity contribution >= 4 is 28.3 Å². The van der Waals surface area contributed by atoms with Crippen molar-refractivity contribution in [2.45, 2.75) is 38.9 Å². The zero-order valence-corrected chi connectivity index (χ0v) is 19.0. The second-order valence-electron chi connectivity index (χ2n) is 8.39. The summed E-state index contributed by atoms with van der Waals surface area (Å²) >= 11 is 6.44. The lowest BCUT2D eigenvalue weighted by atomic mass is 10.1. The van der Waals surface area contributed by atoms with Crippen molar-refractivity contribution < 1.29 is 14.3 Å². The number of hydrogen-bond acceptors (Lipinski definition) is 7. The van der Waals surface area contributed by atoms with E-state index in [1.807, 2.05) is 35.5 Å². The molecule has 9 heteroatoms. The molecule has 172 valence electrons. The maximum atomic E-state index is 12.9. The first-order valence-corrected chi connectivity index (χ1v) is 11.5. The molecular weight excluding hydrogens is 444 g/mol. The van der Waals surface area contributed by atoms with Crippen LogP contribution in [0.1, 0.15) is 25.5 Å². The standard InChI is InChI=1S/C24H25ClN4O4/c1-2-32-23(30)13-29-24(31)18-6-4-3-5-17(18)20(27-29)9-16-11-28-12-21(33-14-15-7-8-15)19(25)10-22(28)26-16/h3-6,10-12,15,22,26H,2,7-9,13-14H2,1H3. The number of halogens is 1. The van der Waals surface area contributed by atoms with Crippen LogP contribution < -0.4 is 10.9 Å². The van der Waals surface area contributed by atoms with Crippen LogP contribution >= 0.6 is 11.6 Å². The van der Waals surface area contributed by atoms with Gasteiger partial charge in [-0.2, -0.15) is 5.10 Å². The van der Waals surface area contributed by atoms with Gasteiger partial charge in [0.2, 0.25) is 0 Å². The Hall–Kier alpha value is -3.26. The number of hydrogen-bond donors (Lipinski definition) is 1. The first-order valence-electron chi connectivity index (χ1n) is 11.1. The van der Waals surface area contributed by atoms with Gasteiger partial charge in [-0.3, -0.25) is 9.59 Å². The van der Waals surface area contributed by atoms with Gasteiger partial charge in [-0.25, -0.2) is 4.68 Å².